The highest BCUT2D eigenvalue weighted by atomic mass is 19.4. The Morgan fingerprint density at radius 2 is 2.00 bits per heavy atom. The predicted octanol–water partition coefficient (Wildman–Crippen LogP) is 4.16. The molecule has 138 valence electrons. The van der Waals surface area contributed by atoms with Crippen LogP contribution in [0.4, 0.5) is 13.2 Å². The monoisotopic (exact) mass is 355 g/mol. The molecule has 1 saturated heterocycles. The summed E-state index contributed by atoms with van der Waals surface area (Å²) in [6, 6.07) is 6.60. The van der Waals surface area contributed by atoms with E-state index in [1.165, 1.54) is 24.0 Å². The molecule has 0 bridgehead atoms. The van der Waals surface area contributed by atoms with E-state index < -0.39 is 12.6 Å². The van der Waals surface area contributed by atoms with Gasteiger partial charge in [0.15, 0.2) is 0 Å². The van der Waals surface area contributed by atoms with Gasteiger partial charge in [-0.15, -0.1) is 0 Å². The summed E-state index contributed by atoms with van der Waals surface area (Å²) in [5.41, 5.74) is 2.82. The molecular weight excluding hydrogens is 331 g/mol. The second-order valence-electron chi connectivity index (χ2n) is 7.67. The van der Waals surface area contributed by atoms with E-state index in [1.807, 2.05) is 18.2 Å². The summed E-state index contributed by atoms with van der Waals surface area (Å²) in [5.74, 6) is 0.537. The van der Waals surface area contributed by atoms with Crippen LogP contribution in [0.2, 0.25) is 0 Å². The van der Waals surface area contributed by atoms with Crippen molar-refractivity contribution in [3.8, 4) is 5.75 Å². The van der Waals surface area contributed by atoms with Crippen LogP contribution in [0.25, 0.3) is 0 Å². The van der Waals surface area contributed by atoms with Gasteiger partial charge in [0, 0.05) is 19.2 Å². The largest absolute Gasteiger partial charge is 0.493 e. The van der Waals surface area contributed by atoms with Gasteiger partial charge in [-0.3, -0.25) is 0 Å². The fourth-order valence-corrected chi connectivity index (χ4v) is 4.71. The standard InChI is InChI=1S/C19H24F3NO2/c1-24-13-4-6-18(7-5-13)11-12-2-3-14(25-9-8-19(20,21)22)10-15(12)16-17(18)23-16/h2-3,10,13,16-17,23H,4-9,11H2,1H3/t13-,16?,17?,18-. The normalized spacial score (nSPS) is 33.7. The third-order valence-electron chi connectivity index (χ3n) is 6.15. The van der Waals surface area contributed by atoms with Crippen molar-refractivity contribution in [3.63, 3.8) is 0 Å². The predicted molar refractivity (Wildman–Crippen MR) is 87.7 cm³/mol. The zero-order valence-corrected chi connectivity index (χ0v) is 14.4. The summed E-state index contributed by atoms with van der Waals surface area (Å²) in [6.45, 7) is -0.327. The van der Waals surface area contributed by atoms with Gasteiger partial charge in [-0.05, 0) is 60.8 Å². The lowest BCUT2D eigenvalue weighted by molar-refractivity contribution is -0.139. The maximum absolute atomic E-state index is 12.3. The summed E-state index contributed by atoms with van der Waals surface area (Å²) in [4.78, 5) is 0. The lowest BCUT2D eigenvalue weighted by atomic mass is 9.63. The molecule has 2 fully saturated rings. The molecule has 3 nitrogen and oxygen atoms in total. The molecule has 4 rings (SSSR count). The third kappa shape index (κ3) is 3.38. The zero-order valence-electron chi connectivity index (χ0n) is 14.4. The minimum absolute atomic E-state index is 0.311. The Labute approximate surface area is 145 Å². The first-order valence-electron chi connectivity index (χ1n) is 9.01. The summed E-state index contributed by atoms with van der Waals surface area (Å²) in [5, 5.41) is 3.61. The third-order valence-corrected chi connectivity index (χ3v) is 6.15. The average Bonchev–Trinajstić information content (AvgIpc) is 3.37. The van der Waals surface area contributed by atoms with E-state index in [1.54, 1.807) is 7.11 Å². The van der Waals surface area contributed by atoms with Crippen molar-refractivity contribution in [1.82, 2.24) is 5.32 Å². The van der Waals surface area contributed by atoms with Gasteiger partial charge < -0.3 is 14.8 Å². The van der Waals surface area contributed by atoms with E-state index in [9.17, 15) is 13.2 Å². The minimum atomic E-state index is -4.18. The van der Waals surface area contributed by atoms with Crippen LogP contribution in [0.3, 0.4) is 0 Å². The van der Waals surface area contributed by atoms with Gasteiger partial charge in [-0.1, -0.05) is 6.07 Å². The molecule has 1 aromatic carbocycles. The van der Waals surface area contributed by atoms with Crippen LogP contribution in [-0.2, 0) is 11.2 Å². The van der Waals surface area contributed by atoms with Gasteiger partial charge in [0.1, 0.15) is 5.75 Å². The quantitative estimate of drug-likeness (QED) is 0.825. The van der Waals surface area contributed by atoms with E-state index in [0.29, 0.717) is 29.4 Å². The van der Waals surface area contributed by atoms with E-state index in [2.05, 4.69) is 5.32 Å². The maximum atomic E-state index is 12.3. The lowest BCUT2D eigenvalue weighted by Crippen LogP contribution is -2.39. The van der Waals surface area contributed by atoms with Crippen LogP contribution in [-0.4, -0.2) is 32.0 Å². The smallest absolute Gasteiger partial charge is 0.392 e. The number of alkyl halides is 3. The van der Waals surface area contributed by atoms with Gasteiger partial charge in [0.05, 0.1) is 19.1 Å². The minimum Gasteiger partial charge on any atom is -0.493 e. The van der Waals surface area contributed by atoms with Gasteiger partial charge in [0.2, 0.25) is 0 Å². The van der Waals surface area contributed by atoms with Crippen molar-refractivity contribution < 1.29 is 22.6 Å². The SMILES string of the molecule is CO[C@H]1CC[C@]2(CC1)Cc1ccc(OCCC(F)(F)F)cc1C1NC12. The maximum Gasteiger partial charge on any atom is 0.392 e. The van der Waals surface area contributed by atoms with Crippen molar-refractivity contribution >= 4 is 0 Å². The first-order chi connectivity index (χ1) is 11.9. The average molecular weight is 355 g/mol. The molecular formula is C19H24F3NO2. The van der Waals surface area contributed by atoms with Crippen LogP contribution >= 0.6 is 0 Å². The second kappa shape index (κ2) is 6.16. The topological polar surface area (TPSA) is 40.4 Å². The second-order valence-corrected chi connectivity index (χ2v) is 7.67. The molecule has 1 aromatic rings. The molecule has 0 amide bonds. The molecule has 1 saturated carbocycles. The highest BCUT2D eigenvalue weighted by Gasteiger charge is 2.57. The van der Waals surface area contributed by atoms with Crippen LogP contribution in [0.1, 0.15) is 49.3 Å². The molecule has 2 atom stereocenters. The lowest BCUT2D eigenvalue weighted by Gasteiger charge is -2.42. The molecule has 1 heterocycles. The van der Waals surface area contributed by atoms with Gasteiger partial charge in [-0.2, -0.15) is 13.2 Å². The highest BCUT2D eigenvalue weighted by Crippen LogP contribution is 2.56. The number of fused-ring (bicyclic) bond motifs is 4. The van der Waals surface area contributed by atoms with Crippen LogP contribution in [0.15, 0.2) is 18.2 Å². The Balaban J connectivity index is 1.45. The van der Waals surface area contributed by atoms with Crippen molar-refractivity contribution in [1.29, 1.82) is 0 Å². The molecule has 0 aromatic heterocycles. The van der Waals surface area contributed by atoms with Crippen molar-refractivity contribution in [2.75, 3.05) is 13.7 Å². The number of nitrogens with one attached hydrogen (secondary N) is 1. The van der Waals surface area contributed by atoms with Crippen molar-refractivity contribution in [2.45, 2.75) is 62.9 Å². The number of methoxy groups -OCH3 is 1. The van der Waals surface area contributed by atoms with E-state index in [-0.39, 0.29) is 6.61 Å². The molecule has 6 heteroatoms. The first-order valence-corrected chi connectivity index (χ1v) is 9.01. The number of rotatable bonds is 4. The number of hydrogen-bond donors (Lipinski definition) is 1. The number of ether oxygens (including phenoxy) is 2. The van der Waals surface area contributed by atoms with Crippen molar-refractivity contribution in [2.24, 2.45) is 5.41 Å². The summed E-state index contributed by atoms with van der Waals surface area (Å²) >= 11 is 0. The first kappa shape index (κ1) is 17.2. The number of hydrogen-bond acceptors (Lipinski definition) is 3. The molecule has 2 unspecified atom stereocenters. The summed E-state index contributed by atoms with van der Waals surface area (Å²) in [7, 11) is 1.79. The molecule has 25 heavy (non-hydrogen) atoms. The Hall–Kier alpha value is -1.27. The molecule has 1 N–H and O–H groups in total. The Morgan fingerprint density at radius 3 is 2.68 bits per heavy atom. The Bertz CT molecular complexity index is 638. The molecule has 1 aliphatic heterocycles. The van der Waals surface area contributed by atoms with Crippen LogP contribution in [0, 0.1) is 5.41 Å². The van der Waals surface area contributed by atoms with E-state index >= 15 is 0 Å². The van der Waals surface area contributed by atoms with Gasteiger partial charge in [-0.25, -0.2) is 0 Å². The van der Waals surface area contributed by atoms with Crippen molar-refractivity contribution in [3.05, 3.63) is 29.3 Å². The zero-order chi connectivity index (χ0) is 17.7. The van der Waals surface area contributed by atoms with Gasteiger partial charge in [0.25, 0.3) is 0 Å². The molecule has 3 aliphatic rings. The van der Waals surface area contributed by atoms with Crippen LogP contribution in [0.5, 0.6) is 5.75 Å². The Morgan fingerprint density at radius 1 is 1.24 bits per heavy atom. The fourth-order valence-electron chi connectivity index (χ4n) is 4.71. The molecule has 2 aliphatic carbocycles. The van der Waals surface area contributed by atoms with E-state index in [0.717, 1.165) is 19.3 Å². The number of halogens is 3. The van der Waals surface area contributed by atoms with Crippen LogP contribution < -0.4 is 10.1 Å². The summed E-state index contributed by atoms with van der Waals surface area (Å²) in [6.07, 6.45) is 0.878. The molecule has 1 spiro atoms. The Kier molecular flexibility index (Phi) is 4.23. The molecule has 0 radical (unpaired) electrons. The fraction of sp³-hybridized carbons (Fsp3) is 0.684. The van der Waals surface area contributed by atoms with Gasteiger partial charge >= 0.3 is 6.18 Å². The number of benzene rings is 1. The highest BCUT2D eigenvalue weighted by molar-refractivity contribution is 5.45. The van der Waals surface area contributed by atoms with E-state index in [4.69, 9.17) is 9.47 Å². The summed E-state index contributed by atoms with van der Waals surface area (Å²) < 4.78 is 47.6.